The standard InChI is InChI=1S/C21H23NO6/c23-13-21(14-24)9-8-19(25)22(21)18-7-6-16(20(26)27)10-17(18)12-28-11-15-4-2-1-3-5-15/h1-7,10,23-24H,8-9,11-14H2,(H,26,27). The van der Waals surface area contributed by atoms with Crippen molar-refractivity contribution in [2.24, 2.45) is 0 Å². The molecule has 7 nitrogen and oxygen atoms in total. The minimum Gasteiger partial charge on any atom is -0.478 e. The lowest BCUT2D eigenvalue weighted by Crippen LogP contribution is -2.52. The van der Waals surface area contributed by atoms with Crippen molar-refractivity contribution in [1.29, 1.82) is 0 Å². The number of nitrogens with zero attached hydrogens (tertiary/aromatic N) is 1. The van der Waals surface area contributed by atoms with Gasteiger partial charge in [-0.1, -0.05) is 30.3 Å². The molecule has 1 amide bonds. The van der Waals surface area contributed by atoms with Gasteiger partial charge in [-0.15, -0.1) is 0 Å². The largest absolute Gasteiger partial charge is 0.478 e. The van der Waals surface area contributed by atoms with Gasteiger partial charge < -0.3 is 25.0 Å². The van der Waals surface area contributed by atoms with Crippen LogP contribution < -0.4 is 4.90 Å². The summed E-state index contributed by atoms with van der Waals surface area (Å²) in [4.78, 5) is 25.3. The lowest BCUT2D eigenvalue weighted by Gasteiger charge is -2.36. The van der Waals surface area contributed by atoms with Crippen LogP contribution in [0.15, 0.2) is 48.5 Å². The number of aliphatic hydroxyl groups is 2. The van der Waals surface area contributed by atoms with Crippen LogP contribution in [0.4, 0.5) is 5.69 Å². The van der Waals surface area contributed by atoms with Crippen molar-refractivity contribution in [1.82, 2.24) is 0 Å². The molecular weight excluding hydrogens is 362 g/mol. The van der Waals surface area contributed by atoms with E-state index >= 15 is 0 Å². The molecule has 0 radical (unpaired) electrons. The molecule has 0 aromatic heterocycles. The van der Waals surface area contributed by atoms with Crippen molar-refractivity contribution in [2.75, 3.05) is 18.1 Å². The molecule has 1 heterocycles. The summed E-state index contributed by atoms with van der Waals surface area (Å²) in [6.45, 7) is -0.362. The molecule has 1 aliphatic heterocycles. The first-order valence-corrected chi connectivity index (χ1v) is 9.03. The van der Waals surface area contributed by atoms with Crippen molar-refractivity contribution in [3.05, 3.63) is 65.2 Å². The molecule has 2 aromatic rings. The summed E-state index contributed by atoms with van der Waals surface area (Å²) in [5.41, 5.74) is 0.903. The van der Waals surface area contributed by atoms with E-state index in [2.05, 4.69) is 0 Å². The molecular formula is C21H23NO6. The van der Waals surface area contributed by atoms with E-state index in [9.17, 15) is 24.9 Å². The number of benzene rings is 2. The van der Waals surface area contributed by atoms with E-state index in [0.717, 1.165) is 5.56 Å². The molecule has 148 valence electrons. The third kappa shape index (κ3) is 3.91. The minimum atomic E-state index is -1.10. The highest BCUT2D eigenvalue weighted by Gasteiger charge is 2.46. The molecule has 0 saturated carbocycles. The summed E-state index contributed by atoms with van der Waals surface area (Å²) < 4.78 is 5.76. The fraction of sp³-hybridized carbons (Fsp3) is 0.333. The van der Waals surface area contributed by atoms with Crippen LogP contribution in [0.2, 0.25) is 0 Å². The molecule has 1 fully saturated rings. The number of hydrogen-bond acceptors (Lipinski definition) is 5. The fourth-order valence-electron chi connectivity index (χ4n) is 3.47. The van der Waals surface area contributed by atoms with Crippen LogP contribution in [-0.2, 0) is 22.7 Å². The smallest absolute Gasteiger partial charge is 0.335 e. The van der Waals surface area contributed by atoms with Gasteiger partial charge in [0.2, 0.25) is 5.91 Å². The van der Waals surface area contributed by atoms with Crippen LogP contribution in [0.1, 0.15) is 34.3 Å². The number of hydrogen-bond donors (Lipinski definition) is 3. The molecule has 3 N–H and O–H groups in total. The number of carbonyl (C=O) groups is 2. The molecule has 1 saturated heterocycles. The van der Waals surface area contributed by atoms with Crippen LogP contribution in [0.3, 0.4) is 0 Å². The van der Waals surface area contributed by atoms with Gasteiger partial charge in [-0.25, -0.2) is 4.79 Å². The maximum Gasteiger partial charge on any atom is 0.335 e. The van der Waals surface area contributed by atoms with Gasteiger partial charge in [0.25, 0.3) is 0 Å². The van der Waals surface area contributed by atoms with Crippen LogP contribution in [0.25, 0.3) is 0 Å². The number of carbonyl (C=O) groups excluding carboxylic acids is 1. The number of anilines is 1. The predicted octanol–water partition coefficient (Wildman–Crippen LogP) is 1.95. The Labute approximate surface area is 162 Å². The van der Waals surface area contributed by atoms with Crippen LogP contribution in [0.5, 0.6) is 0 Å². The molecule has 7 heteroatoms. The van der Waals surface area contributed by atoms with E-state index in [-0.39, 0.29) is 37.7 Å². The lowest BCUT2D eigenvalue weighted by molar-refractivity contribution is -0.117. The third-order valence-corrected chi connectivity index (χ3v) is 5.05. The minimum absolute atomic E-state index is 0.0762. The summed E-state index contributed by atoms with van der Waals surface area (Å²) in [6.07, 6.45) is 0.524. The molecule has 0 atom stereocenters. The van der Waals surface area contributed by atoms with Crippen molar-refractivity contribution in [3.8, 4) is 0 Å². The maximum absolute atomic E-state index is 12.5. The van der Waals surface area contributed by atoms with Crippen LogP contribution in [-0.4, -0.2) is 45.9 Å². The SMILES string of the molecule is O=C(O)c1ccc(N2C(=O)CCC2(CO)CO)c(COCc2ccccc2)c1. The Hall–Kier alpha value is -2.74. The molecule has 28 heavy (non-hydrogen) atoms. The summed E-state index contributed by atoms with van der Waals surface area (Å²) in [6, 6.07) is 13.9. The van der Waals surface area contributed by atoms with Gasteiger partial charge in [-0.05, 0) is 30.2 Å². The number of ether oxygens (including phenoxy) is 1. The van der Waals surface area contributed by atoms with E-state index in [1.165, 1.54) is 23.1 Å². The van der Waals surface area contributed by atoms with Crippen molar-refractivity contribution in [2.45, 2.75) is 31.6 Å². The molecule has 0 bridgehead atoms. The Morgan fingerprint density at radius 3 is 2.43 bits per heavy atom. The number of aromatic carboxylic acids is 1. The molecule has 3 rings (SSSR count). The van der Waals surface area contributed by atoms with Crippen LogP contribution >= 0.6 is 0 Å². The van der Waals surface area contributed by atoms with Gasteiger partial charge in [0.15, 0.2) is 0 Å². The summed E-state index contributed by atoms with van der Waals surface area (Å²) in [7, 11) is 0. The average Bonchev–Trinajstić information content (AvgIpc) is 3.05. The highest BCUT2D eigenvalue weighted by molar-refractivity contribution is 5.99. The third-order valence-electron chi connectivity index (χ3n) is 5.05. The monoisotopic (exact) mass is 385 g/mol. The number of rotatable bonds is 8. The first-order valence-electron chi connectivity index (χ1n) is 9.03. The molecule has 0 spiro atoms. The second kappa shape index (κ2) is 8.52. The fourth-order valence-corrected chi connectivity index (χ4v) is 3.47. The number of carboxylic acid groups (broad SMARTS) is 1. The zero-order valence-corrected chi connectivity index (χ0v) is 15.4. The second-order valence-corrected chi connectivity index (χ2v) is 6.90. The number of amides is 1. The van der Waals surface area contributed by atoms with Gasteiger partial charge in [0, 0.05) is 12.0 Å². The Kier molecular flexibility index (Phi) is 6.08. The Balaban J connectivity index is 1.91. The van der Waals surface area contributed by atoms with Gasteiger partial charge in [0.1, 0.15) is 0 Å². The highest BCUT2D eigenvalue weighted by Crippen LogP contribution is 2.37. The quantitative estimate of drug-likeness (QED) is 0.641. The maximum atomic E-state index is 12.5. The zero-order chi connectivity index (χ0) is 20.1. The summed E-state index contributed by atoms with van der Waals surface area (Å²) >= 11 is 0. The van der Waals surface area contributed by atoms with Gasteiger partial charge in [-0.2, -0.15) is 0 Å². The Morgan fingerprint density at radius 1 is 1.07 bits per heavy atom. The second-order valence-electron chi connectivity index (χ2n) is 6.90. The highest BCUT2D eigenvalue weighted by atomic mass is 16.5. The van der Waals surface area contributed by atoms with Crippen molar-refractivity contribution >= 4 is 17.6 Å². The van der Waals surface area contributed by atoms with E-state index in [4.69, 9.17) is 4.74 Å². The van der Waals surface area contributed by atoms with E-state index in [1.54, 1.807) is 0 Å². The lowest BCUT2D eigenvalue weighted by atomic mass is 9.96. The Bertz CT molecular complexity index is 847. The normalized spacial score (nSPS) is 15.8. The van der Waals surface area contributed by atoms with Crippen molar-refractivity contribution < 1.29 is 29.6 Å². The van der Waals surface area contributed by atoms with Crippen molar-refractivity contribution in [3.63, 3.8) is 0 Å². The summed E-state index contributed by atoms with van der Waals surface area (Å²) in [5.74, 6) is -1.31. The Morgan fingerprint density at radius 2 is 1.79 bits per heavy atom. The van der Waals surface area contributed by atoms with Crippen LogP contribution in [0, 0.1) is 0 Å². The molecule has 0 aliphatic carbocycles. The van der Waals surface area contributed by atoms with E-state index < -0.39 is 11.5 Å². The number of aliphatic hydroxyl groups excluding tert-OH is 2. The van der Waals surface area contributed by atoms with Gasteiger partial charge in [-0.3, -0.25) is 4.79 Å². The zero-order valence-electron chi connectivity index (χ0n) is 15.4. The van der Waals surface area contributed by atoms with E-state index in [0.29, 0.717) is 24.3 Å². The first-order chi connectivity index (χ1) is 13.5. The number of carboxylic acids is 1. The summed E-state index contributed by atoms with van der Waals surface area (Å²) in [5, 5.41) is 29.0. The topological polar surface area (TPSA) is 107 Å². The predicted molar refractivity (Wildman–Crippen MR) is 102 cm³/mol. The van der Waals surface area contributed by atoms with Gasteiger partial charge >= 0.3 is 5.97 Å². The van der Waals surface area contributed by atoms with E-state index in [1.807, 2.05) is 30.3 Å². The first kappa shape index (κ1) is 20.0. The van der Waals surface area contributed by atoms with Gasteiger partial charge in [0.05, 0.1) is 43.2 Å². The molecule has 2 aromatic carbocycles. The molecule has 0 unspecified atom stereocenters. The molecule has 1 aliphatic rings. The average molecular weight is 385 g/mol.